The number of hydrogen-bond acceptors (Lipinski definition) is 8. The smallest absolute Gasteiger partial charge is 0.256 e. The number of amides is 2. The summed E-state index contributed by atoms with van der Waals surface area (Å²) in [5, 5.41) is 8.84. The zero-order chi connectivity index (χ0) is 28.1. The molecule has 5 rings (SSSR count). The van der Waals surface area contributed by atoms with Gasteiger partial charge in [0.2, 0.25) is 5.95 Å². The third kappa shape index (κ3) is 6.54. The van der Waals surface area contributed by atoms with Crippen LogP contribution in [0, 0.1) is 6.92 Å². The largest absolute Gasteiger partial charge is 0.399 e. The molecule has 1 aromatic heterocycles. The maximum atomic E-state index is 13.0. The van der Waals surface area contributed by atoms with Crippen molar-refractivity contribution in [2.24, 2.45) is 0 Å². The molecule has 0 radical (unpaired) electrons. The lowest BCUT2D eigenvalue weighted by molar-refractivity contribution is 0.101. The van der Waals surface area contributed by atoms with E-state index in [1.54, 1.807) is 54.9 Å². The van der Waals surface area contributed by atoms with Crippen molar-refractivity contribution in [2.75, 3.05) is 59.8 Å². The molecule has 40 heavy (non-hydrogen) atoms. The topological polar surface area (TPSA) is 129 Å². The fraction of sp³-hybridized carbons (Fsp3) is 0.200. The van der Waals surface area contributed by atoms with Crippen molar-refractivity contribution in [2.45, 2.75) is 6.92 Å². The monoisotopic (exact) mass is 536 g/mol. The second-order valence-corrected chi connectivity index (χ2v) is 9.82. The van der Waals surface area contributed by atoms with Crippen LogP contribution in [0.4, 0.5) is 34.4 Å². The molecule has 0 spiro atoms. The van der Waals surface area contributed by atoms with Crippen LogP contribution < -0.4 is 26.6 Å². The molecule has 10 heteroatoms. The predicted octanol–water partition coefficient (Wildman–Crippen LogP) is 4.37. The number of nitrogens with two attached hydrogens (primary N) is 1. The highest BCUT2D eigenvalue weighted by Gasteiger charge is 2.15. The number of nitrogen functional groups attached to an aromatic ring is 1. The number of rotatable bonds is 7. The zero-order valence-electron chi connectivity index (χ0n) is 22.5. The Morgan fingerprint density at radius 1 is 0.800 bits per heavy atom. The molecular weight excluding hydrogens is 504 g/mol. The molecule has 1 aliphatic heterocycles. The molecule has 204 valence electrons. The van der Waals surface area contributed by atoms with Gasteiger partial charge in [0.15, 0.2) is 0 Å². The second-order valence-electron chi connectivity index (χ2n) is 9.82. The van der Waals surface area contributed by atoms with Crippen LogP contribution in [0.2, 0.25) is 0 Å². The molecule has 0 atom stereocenters. The predicted molar refractivity (Wildman–Crippen MR) is 159 cm³/mol. The van der Waals surface area contributed by atoms with E-state index >= 15 is 0 Å². The van der Waals surface area contributed by atoms with Crippen molar-refractivity contribution in [3.8, 4) is 0 Å². The highest BCUT2D eigenvalue weighted by Crippen LogP contribution is 2.22. The molecule has 10 nitrogen and oxygen atoms in total. The van der Waals surface area contributed by atoms with E-state index in [-0.39, 0.29) is 11.8 Å². The number of carbonyl (C=O) groups is 2. The molecule has 1 saturated heterocycles. The first kappa shape index (κ1) is 26.6. The summed E-state index contributed by atoms with van der Waals surface area (Å²) >= 11 is 0. The lowest BCUT2D eigenvalue weighted by atomic mass is 10.1. The van der Waals surface area contributed by atoms with Gasteiger partial charge in [-0.1, -0.05) is 12.1 Å². The second kappa shape index (κ2) is 11.8. The van der Waals surface area contributed by atoms with Gasteiger partial charge in [-0.15, -0.1) is 0 Å². The van der Waals surface area contributed by atoms with Gasteiger partial charge in [-0.3, -0.25) is 9.59 Å². The summed E-state index contributed by atoms with van der Waals surface area (Å²) in [7, 11) is 2.14. The molecule has 0 unspecified atom stereocenters. The van der Waals surface area contributed by atoms with Crippen LogP contribution in [0.15, 0.2) is 79.1 Å². The Kier molecular flexibility index (Phi) is 7.88. The summed E-state index contributed by atoms with van der Waals surface area (Å²) in [5.74, 6) is -0.220. The van der Waals surface area contributed by atoms with Crippen LogP contribution in [-0.2, 0) is 0 Å². The minimum atomic E-state index is -0.332. The summed E-state index contributed by atoms with van der Waals surface area (Å²) < 4.78 is 0. The SMILES string of the molecule is Cc1ccc(NC(=O)c2cccc(N)c2)cc1C(=O)Nc1cnc(Nc2ccc(N3CCN(C)CC3)cc2)nc1. The quantitative estimate of drug-likeness (QED) is 0.257. The van der Waals surface area contributed by atoms with Gasteiger partial charge < -0.3 is 31.5 Å². The Morgan fingerprint density at radius 2 is 1.48 bits per heavy atom. The molecule has 1 fully saturated rings. The van der Waals surface area contributed by atoms with Crippen molar-refractivity contribution >= 4 is 46.2 Å². The van der Waals surface area contributed by atoms with Crippen molar-refractivity contribution in [3.63, 3.8) is 0 Å². The summed E-state index contributed by atoms with van der Waals surface area (Å²) in [5.41, 5.74) is 10.9. The molecule has 0 aliphatic carbocycles. The van der Waals surface area contributed by atoms with E-state index in [1.165, 1.54) is 5.69 Å². The number of benzene rings is 3. The summed E-state index contributed by atoms with van der Waals surface area (Å²) in [4.78, 5) is 39.0. The van der Waals surface area contributed by atoms with E-state index in [1.807, 2.05) is 19.1 Å². The van der Waals surface area contributed by atoms with Crippen LogP contribution in [0.25, 0.3) is 0 Å². The summed E-state index contributed by atoms with van der Waals surface area (Å²) in [6.07, 6.45) is 3.10. The van der Waals surface area contributed by atoms with Gasteiger partial charge in [0, 0.05) is 60.1 Å². The van der Waals surface area contributed by atoms with Crippen LogP contribution in [-0.4, -0.2) is 59.9 Å². The molecule has 4 aromatic rings. The number of piperazine rings is 1. The average Bonchev–Trinajstić information content (AvgIpc) is 2.96. The molecule has 2 amide bonds. The van der Waals surface area contributed by atoms with Crippen molar-refractivity contribution in [1.82, 2.24) is 14.9 Å². The first-order valence-electron chi connectivity index (χ1n) is 13.1. The summed E-state index contributed by atoms with van der Waals surface area (Å²) in [6.45, 7) is 5.98. The van der Waals surface area contributed by atoms with Gasteiger partial charge in [-0.2, -0.15) is 0 Å². The fourth-order valence-corrected chi connectivity index (χ4v) is 4.43. The van der Waals surface area contributed by atoms with Gasteiger partial charge in [-0.05, 0) is 74.1 Å². The zero-order valence-corrected chi connectivity index (χ0v) is 22.5. The number of nitrogens with zero attached hydrogens (tertiary/aromatic N) is 4. The Labute approximate surface area is 233 Å². The minimum Gasteiger partial charge on any atom is -0.399 e. The van der Waals surface area contributed by atoms with Crippen molar-refractivity contribution < 1.29 is 9.59 Å². The molecule has 0 saturated carbocycles. The highest BCUT2D eigenvalue weighted by molar-refractivity contribution is 6.08. The molecule has 0 bridgehead atoms. The third-order valence-electron chi connectivity index (χ3n) is 6.79. The van der Waals surface area contributed by atoms with Crippen LogP contribution in [0.5, 0.6) is 0 Å². The van der Waals surface area contributed by atoms with Gasteiger partial charge in [0.05, 0.1) is 18.1 Å². The molecular formula is C30H32N8O2. The lowest BCUT2D eigenvalue weighted by Crippen LogP contribution is -2.44. The molecule has 5 N–H and O–H groups in total. The number of hydrogen-bond donors (Lipinski definition) is 4. The highest BCUT2D eigenvalue weighted by atomic mass is 16.2. The van der Waals surface area contributed by atoms with Crippen LogP contribution >= 0.6 is 0 Å². The third-order valence-corrected chi connectivity index (χ3v) is 6.79. The number of likely N-dealkylation sites (N-methyl/N-ethyl adjacent to an activating group) is 1. The Morgan fingerprint density at radius 3 is 2.17 bits per heavy atom. The molecule has 1 aliphatic rings. The number of nitrogens with one attached hydrogen (secondary N) is 3. The lowest BCUT2D eigenvalue weighted by Gasteiger charge is -2.34. The van der Waals surface area contributed by atoms with Crippen molar-refractivity contribution in [1.29, 1.82) is 0 Å². The van der Waals surface area contributed by atoms with E-state index in [0.29, 0.717) is 34.1 Å². The van der Waals surface area contributed by atoms with Gasteiger partial charge in [0.1, 0.15) is 0 Å². The van der Waals surface area contributed by atoms with E-state index in [4.69, 9.17) is 5.73 Å². The average molecular weight is 537 g/mol. The van der Waals surface area contributed by atoms with Gasteiger partial charge in [-0.25, -0.2) is 9.97 Å². The molecule has 3 aromatic carbocycles. The summed E-state index contributed by atoms with van der Waals surface area (Å²) in [6, 6.07) is 20.1. The number of anilines is 6. The van der Waals surface area contributed by atoms with Crippen LogP contribution in [0.3, 0.4) is 0 Å². The standard InChI is InChI=1S/C30H32N8O2/c1-20-6-7-24(34-28(39)21-4-3-5-22(31)16-21)17-27(20)29(40)35-25-18-32-30(33-19-25)36-23-8-10-26(11-9-23)38-14-12-37(2)13-15-38/h3-11,16-19H,12-15,31H2,1-2H3,(H,34,39)(H,35,40)(H,32,33,36). The normalized spacial score (nSPS) is 13.5. The fourth-order valence-electron chi connectivity index (χ4n) is 4.43. The van der Waals surface area contributed by atoms with E-state index in [0.717, 1.165) is 37.4 Å². The van der Waals surface area contributed by atoms with Gasteiger partial charge >= 0.3 is 0 Å². The minimum absolute atomic E-state index is 0.312. The number of carbonyl (C=O) groups excluding carboxylic acids is 2. The first-order chi connectivity index (χ1) is 19.3. The maximum absolute atomic E-state index is 13.0. The van der Waals surface area contributed by atoms with E-state index in [9.17, 15) is 9.59 Å². The van der Waals surface area contributed by atoms with E-state index in [2.05, 4.69) is 54.9 Å². The number of aryl methyl sites for hydroxylation is 1. The number of aromatic nitrogens is 2. The Hall–Kier alpha value is -4.96. The first-order valence-corrected chi connectivity index (χ1v) is 13.1. The Bertz CT molecular complexity index is 1500. The Balaban J connectivity index is 1.19. The molecule has 2 heterocycles. The van der Waals surface area contributed by atoms with E-state index < -0.39 is 0 Å². The van der Waals surface area contributed by atoms with Gasteiger partial charge in [0.25, 0.3) is 11.8 Å². The van der Waals surface area contributed by atoms with Crippen LogP contribution in [0.1, 0.15) is 26.3 Å². The maximum Gasteiger partial charge on any atom is 0.256 e. The van der Waals surface area contributed by atoms with Crippen molar-refractivity contribution in [3.05, 3.63) is 95.8 Å².